The molecule has 0 bridgehead atoms. The van der Waals surface area contributed by atoms with Crippen LogP contribution >= 0.6 is 0 Å². The molecule has 0 aromatic carbocycles. The van der Waals surface area contributed by atoms with Gasteiger partial charge >= 0.3 is 5.97 Å². The zero-order valence-electron chi connectivity index (χ0n) is 8.94. The van der Waals surface area contributed by atoms with Crippen LogP contribution in [0.5, 0.6) is 0 Å². The topological polar surface area (TPSA) is 89.7 Å². The summed E-state index contributed by atoms with van der Waals surface area (Å²) in [5, 5.41) is 0. The number of likely N-dealkylation sites (tertiary alicyclic amines) is 1. The number of nitrogens with two attached hydrogens (primary N) is 1. The lowest BCUT2D eigenvalue weighted by Gasteiger charge is -2.39. The van der Waals surface area contributed by atoms with Crippen LogP contribution in [0.15, 0.2) is 0 Å². The van der Waals surface area contributed by atoms with E-state index in [0.29, 0.717) is 0 Å². The van der Waals surface area contributed by atoms with Crippen molar-refractivity contribution in [2.75, 3.05) is 0 Å². The summed E-state index contributed by atoms with van der Waals surface area (Å²) in [6, 6.07) is 0. The number of carbonyl (C=O) groups is 3. The van der Waals surface area contributed by atoms with Gasteiger partial charge in [0.2, 0.25) is 11.8 Å². The third kappa shape index (κ3) is 1.99. The lowest BCUT2D eigenvalue weighted by atomic mass is 10.0. The van der Waals surface area contributed by atoms with E-state index < -0.39 is 23.4 Å². The minimum absolute atomic E-state index is 0.193. The van der Waals surface area contributed by atoms with E-state index >= 15 is 0 Å². The Labute approximate surface area is 87.4 Å². The SMILES string of the molecule is CC(C)OC(=O)[C@@](C)(N)N1C(=O)CC1=O. The van der Waals surface area contributed by atoms with Gasteiger partial charge in [0.25, 0.3) is 0 Å². The van der Waals surface area contributed by atoms with Crippen LogP contribution in [0.4, 0.5) is 0 Å². The van der Waals surface area contributed by atoms with Gasteiger partial charge in [0.1, 0.15) is 6.42 Å². The van der Waals surface area contributed by atoms with E-state index in [0.717, 1.165) is 4.90 Å². The molecule has 15 heavy (non-hydrogen) atoms. The van der Waals surface area contributed by atoms with E-state index in [2.05, 4.69) is 0 Å². The monoisotopic (exact) mass is 214 g/mol. The predicted molar refractivity (Wildman–Crippen MR) is 50.3 cm³/mol. The Hall–Kier alpha value is -1.43. The Bertz CT molecular complexity index is 308. The van der Waals surface area contributed by atoms with Gasteiger partial charge in [0.05, 0.1) is 6.10 Å². The van der Waals surface area contributed by atoms with Crippen LogP contribution in [-0.2, 0) is 19.1 Å². The van der Waals surface area contributed by atoms with Crippen molar-refractivity contribution in [1.29, 1.82) is 0 Å². The molecule has 84 valence electrons. The first kappa shape index (κ1) is 11.6. The van der Waals surface area contributed by atoms with Gasteiger partial charge in [-0.15, -0.1) is 0 Å². The Kier molecular flexibility index (Phi) is 2.81. The van der Waals surface area contributed by atoms with Crippen LogP contribution in [0.1, 0.15) is 27.2 Å². The zero-order chi connectivity index (χ0) is 11.8. The molecule has 1 heterocycles. The maximum atomic E-state index is 11.5. The third-order valence-electron chi connectivity index (χ3n) is 2.02. The van der Waals surface area contributed by atoms with Gasteiger partial charge in [-0.3, -0.25) is 20.2 Å². The molecule has 1 aliphatic rings. The van der Waals surface area contributed by atoms with Crippen molar-refractivity contribution in [3.05, 3.63) is 0 Å². The molecule has 0 unspecified atom stereocenters. The van der Waals surface area contributed by atoms with Gasteiger partial charge in [-0.05, 0) is 20.8 Å². The fourth-order valence-corrected chi connectivity index (χ4v) is 1.28. The lowest BCUT2D eigenvalue weighted by Crippen LogP contribution is -2.69. The average Bonchev–Trinajstić information content (AvgIpc) is 2.00. The minimum atomic E-state index is -1.70. The first-order valence-electron chi connectivity index (χ1n) is 4.62. The van der Waals surface area contributed by atoms with Crippen molar-refractivity contribution in [3.63, 3.8) is 0 Å². The molecule has 1 aliphatic heterocycles. The third-order valence-corrected chi connectivity index (χ3v) is 2.02. The Balaban J connectivity index is 2.77. The summed E-state index contributed by atoms with van der Waals surface area (Å²) in [6.07, 6.45) is -0.534. The molecule has 1 rings (SSSR count). The smallest absolute Gasteiger partial charge is 0.347 e. The lowest BCUT2D eigenvalue weighted by molar-refractivity contribution is -0.179. The fourth-order valence-electron chi connectivity index (χ4n) is 1.28. The molecular formula is C9H14N2O4. The van der Waals surface area contributed by atoms with Gasteiger partial charge in [-0.25, -0.2) is 4.79 Å². The summed E-state index contributed by atoms with van der Waals surface area (Å²) >= 11 is 0. The zero-order valence-corrected chi connectivity index (χ0v) is 8.94. The fraction of sp³-hybridized carbons (Fsp3) is 0.667. The molecule has 0 aromatic heterocycles. The van der Waals surface area contributed by atoms with Crippen LogP contribution in [0.3, 0.4) is 0 Å². The average molecular weight is 214 g/mol. The number of carbonyl (C=O) groups excluding carboxylic acids is 3. The van der Waals surface area contributed by atoms with Crippen molar-refractivity contribution < 1.29 is 19.1 Å². The van der Waals surface area contributed by atoms with Crippen molar-refractivity contribution >= 4 is 17.8 Å². The normalized spacial score (nSPS) is 19.9. The highest BCUT2D eigenvalue weighted by Crippen LogP contribution is 2.21. The molecule has 2 amide bonds. The predicted octanol–water partition coefficient (Wildman–Crippen LogP) is -0.628. The molecule has 0 radical (unpaired) electrons. The summed E-state index contributed by atoms with van der Waals surface area (Å²) in [7, 11) is 0. The van der Waals surface area contributed by atoms with Crippen molar-refractivity contribution in [2.24, 2.45) is 5.73 Å². The van der Waals surface area contributed by atoms with Crippen molar-refractivity contribution in [1.82, 2.24) is 4.90 Å². The summed E-state index contributed by atoms with van der Waals surface area (Å²) in [5.41, 5.74) is 3.91. The molecule has 1 saturated heterocycles. The number of hydrogen-bond acceptors (Lipinski definition) is 5. The number of ether oxygens (including phenoxy) is 1. The number of rotatable bonds is 3. The van der Waals surface area contributed by atoms with E-state index in [9.17, 15) is 14.4 Å². The molecule has 6 heteroatoms. The molecule has 1 atom stereocenters. The summed E-state index contributed by atoms with van der Waals surface area (Å²) in [6.45, 7) is 4.61. The molecule has 0 aliphatic carbocycles. The molecule has 0 saturated carbocycles. The van der Waals surface area contributed by atoms with Gasteiger partial charge in [-0.2, -0.15) is 0 Å². The highest BCUT2D eigenvalue weighted by Gasteiger charge is 2.50. The summed E-state index contributed by atoms with van der Waals surface area (Å²) in [5.74, 6) is -1.68. The first-order chi connectivity index (χ1) is 6.76. The summed E-state index contributed by atoms with van der Waals surface area (Å²) in [4.78, 5) is 34.4. The highest BCUT2D eigenvalue weighted by atomic mass is 16.5. The quantitative estimate of drug-likeness (QED) is 0.384. The number of imide groups is 1. The van der Waals surface area contributed by atoms with Crippen molar-refractivity contribution in [2.45, 2.75) is 39.0 Å². The van der Waals surface area contributed by atoms with E-state index in [-0.39, 0.29) is 12.5 Å². The highest BCUT2D eigenvalue weighted by molar-refractivity contribution is 6.17. The van der Waals surface area contributed by atoms with Gasteiger partial charge in [-0.1, -0.05) is 0 Å². The Morgan fingerprint density at radius 1 is 1.47 bits per heavy atom. The van der Waals surface area contributed by atoms with E-state index in [1.165, 1.54) is 6.92 Å². The Morgan fingerprint density at radius 2 is 1.93 bits per heavy atom. The number of hydrogen-bond donors (Lipinski definition) is 1. The van der Waals surface area contributed by atoms with Gasteiger partial charge < -0.3 is 4.74 Å². The number of esters is 1. The van der Waals surface area contributed by atoms with E-state index in [1.807, 2.05) is 0 Å². The second-order valence-corrected chi connectivity index (χ2v) is 3.90. The largest absolute Gasteiger partial charge is 0.460 e. The van der Waals surface area contributed by atoms with Gasteiger partial charge in [0, 0.05) is 0 Å². The molecule has 2 N–H and O–H groups in total. The van der Waals surface area contributed by atoms with E-state index in [1.54, 1.807) is 13.8 Å². The minimum Gasteiger partial charge on any atom is -0.460 e. The maximum absolute atomic E-state index is 11.5. The molecule has 1 fully saturated rings. The van der Waals surface area contributed by atoms with Crippen LogP contribution < -0.4 is 5.73 Å². The first-order valence-corrected chi connectivity index (χ1v) is 4.62. The van der Waals surface area contributed by atoms with Crippen LogP contribution in [0.25, 0.3) is 0 Å². The standard InChI is InChI=1S/C9H14N2O4/c1-5(2)15-8(14)9(3,10)11-6(12)4-7(11)13/h5H,4,10H2,1-3H3/t9-/m0/s1. The van der Waals surface area contributed by atoms with E-state index in [4.69, 9.17) is 10.5 Å². The second kappa shape index (κ2) is 3.62. The molecular weight excluding hydrogens is 200 g/mol. The molecule has 0 spiro atoms. The molecule has 6 nitrogen and oxygen atoms in total. The number of amides is 2. The molecule has 0 aromatic rings. The Morgan fingerprint density at radius 3 is 2.27 bits per heavy atom. The van der Waals surface area contributed by atoms with Crippen LogP contribution in [-0.4, -0.2) is 34.5 Å². The number of β-lactam (4-membered cyclic amide) rings is 2. The van der Waals surface area contributed by atoms with Crippen molar-refractivity contribution in [3.8, 4) is 0 Å². The second-order valence-electron chi connectivity index (χ2n) is 3.90. The maximum Gasteiger partial charge on any atom is 0.347 e. The van der Waals surface area contributed by atoms with Gasteiger partial charge in [0.15, 0.2) is 5.66 Å². The van der Waals surface area contributed by atoms with Crippen LogP contribution in [0.2, 0.25) is 0 Å². The van der Waals surface area contributed by atoms with Crippen LogP contribution in [0, 0.1) is 0 Å². The number of nitrogens with zero attached hydrogens (tertiary/aromatic N) is 1. The summed E-state index contributed by atoms with van der Waals surface area (Å²) < 4.78 is 4.86.